The fourth-order valence-corrected chi connectivity index (χ4v) is 3.56. The van der Waals surface area contributed by atoms with Gasteiger partial charge in [-0.05, 0) is 67.4 Å². The lowest BCUT2D eigenvalue weighted by molar-refractivity contribution is -0.118. The van der Waals surface area contributed by atoms with E-state index < -0.39 is 11.8 Å². The fourth-order valence-electron chi connectivity index (χ4n) is 3.27. The summed E-state index contributed by atoms with van der Waals surface area (Å²) in [6.45, 7) is 3.56. The van der Waals surface area contributed by atoms with E-state index >= 15 is 0 Å². The lowest BCUT2D eigenvalue weighted by Crippen LogP contribution is -2.20. The zero-order valence-electron chi connectivity index (χ0n) is 19.8. The number of carbonyl (C=O) groups is 2. The molecule has 0 fully saturated rings. The molecule has 9 heteroatoms. The summed E-state index contributed by atoms with van der Waals surface area (Å²) in [5.41, 5.74) is 3.55. The van der Waals surface area contributed by atoms with E-state index in [0.29, 0.717) is 38.5 Å². The van der Waals surface area contributed by atoms with Crippen molar-refractivity contribution in [3.05, 3.63) is 86.9 Å². The van der Waals surface area contributed by atoms with Gasteiger partial charge in [-0.3, -0.25) is 9.59 Å². The molecule has 0 aliphatic rings. The minimum absolute atomic E-state index is 0.0771. The van der Waals surface area contributed by atoms with Gasteiger partial charge in [0.25, 0.3) is 11.8 Å². The SMILES string of the molecule is COc1cc(/C=C(\C#N)C(=O)Nc2ccc(C)cc2C)ccc1OCC(=O)Nc1ccc(Cl)c(Cl)c1. The number of rotatable bonds is 8. The van der Waals surface area contributed by atoms with Crippen molar-refractivity contribution >= 4 is 52.5 Å². The van der Waals surface area contributed by atoms with E-state index in [9.17, 15) is 14.9 Å². The predicted octanol–water partition coefficient (Wildman–Crippen LogP) is 6.18. The van der Waals surface area contributed by atoms with Crippen molar-refractivity contribution in [1.29, 1.82) is 5.26 Å². The summed E-state index contributed by atoms with van der Waals surface area (Å²) in [5.74, 6) is -0.285. The number of halogens is 2. The van der Waals surface area contributed by atoms with E-state index in [4.69, 9.17) is 32.7 Å². The van der Waals surface area contributed by atoms with Crippen LogP contribution < -0.4 is 20.1 Å². The third kappa shape index (κ3) is 7.01. The Morgan fingerprint density at radius 1 is 0.972 bits per heavy atom. The van der Waals surface area contributed by atoms with Crippen LogP contribution in [0.4, 0.5) is 11.4 Å². The van der Waals surface area contributed by atoms with Crippen LogP contribution in [0.5, 0.6) is 11.5 Å². The second-order valence-electron chi connectivity index (χ2n) is 7.82. The van der Waals surface area contributed by atoms with Crippen LogP contribution >= 0.6 is 23.2 Å². The van der Waals surface area contributed by atoms with E-state index in [2.05, 4.69) is 10.6 Å². The molecule has 0 spiro atoms. The molecule has 2 N–H and O–H groups in total. The molecule has 0 aromatic heterocycles. The molecule has 0 aliphatic heterocycles. The third-order valence-electron chi connectivity index (χ3n) is 5.06. The number of ether oxygens (including phenoxy) is 2. The highest BCUT2D eigenvalue weighted by atomic mass is 35.5. The molecule has 3 aromatic carbocycles. The standard InChI is InChI=1S/C27H23Cl2N3O4/c1-16-4-8-23(17(2)10-16)32-27(34)19(14-30)11-18-5-9-24(25(12-18)35-3)36-15-26(33)31-20-6-7-21(28)22(29)13-20/h4-13H,15H2,1-3H3,(H,31,33)(H,32,34)/b19-11+. The van der Waals surface area contributed by atoms with Crippen LogP contribution in [0.2, 0.25) is 10.0 Å². The van der Waals surface area contributed by atoms with Crippen molar-refractivity contribution in [3.8, 4) is 17.6 Å². The molecule has 0 unspecified atom stereocenters. The molecule has 0 bridgehead atoms. The Morgan fingerprint density at radius 2 is 1.75 bits per heavy atom. The van der Waals surface area contributed by atoms with Crippen LogP contribution in [0.1, 0.15) is 16.7 Å². The van der Waals surface area contributed by atoms with Gasteiger partial charge in [-0.2, -0.15) is 5.26 Å². The second-order valence-corrected chi connectivity index (χ2v) is 8.63. The number of hydrogen-bond acceptors (Lipinski definition) is 5. The van der Waals surface area contributed by atoms with Gasteiger partial charge in [0.05, 0.1) is 17.2 Å². The van der Waals surface area contributed by atoms with Crippen molar-refractivity contribution in [3.63, 3.8) is 0 Å². The van der Waals surface area contributed by atoms with Gasteiger partial charge in [0.2, 0.25) is 0 Å². The zero-order valence-corrected chi connectivity index (χ0v) is 21.3. The van der Waals surface area contributed by atoms with Crippen LogP contribution in [0.3, 0.4) is 0 Å². The Morgan fingerprint density at radius 3 is 2.42 bits per heavy atom. The van der Waals surface area contributed by atoms with Gasteiger partial charge in [-0.25, -0.2) is 0 Å². The highest BCUT2D eigenvalue weighted by Crippen LogP contribution is 2.29. The van der Waals surface area contributed by atoms with Gasteiger partial charge in [0, 0.05) is 11.4 Å². The molecule has 0 heterocycles. The number of nitrogens with zero attached hydrogens (tertiary/aromatic N) is 1. The summed E-state index contributed by atoms with van der Waals surface area (Å²) in [7, 11) is 1.45. The lowest BCUT2D eigenvalue weighted by Gasteiger charge is -2.12. The Balaban J connectivity index is 1.69. The third-order valence-corrected chi connectivity index (χ3v) is 5.80. The van der Waals surface area contributed by atoms with E-state index in [-0.39, 0.29) is 12.2 Å². The topological polar surface area (TPSA) is 100 Å². The normalized spacial score (nSPS) is 10.8. The lowest BCUT2D eigenvalue weighted by atomic mass is 10.1. The number of amides is 2. The molecule has 0 atom stereocenters. The zero-order chi connectivity index (χ0) is 26.2. The Kier molecular flexibility index (Phi) is 8.96. The van der Waals surface area contributed by atoms with E-state index in [1.807, 2.05) is 32.0 Å². The molecular formula is C27H23Cl2N3O4. The second kappa shape index (κ2) is 12.1. The molecule has 0 saturated carbocycles. The number of nitrogens with one attached hydrogen (secondary N) is 2. The molecule has 184 valence electrons. The maximum Gasteiger partial charge on any atom is 0.266 e. The van der Waals surface area contributed by atoms with Crippen molar-refractivity contribution in [2.45, 2.75) is 13.8 Å². The number of hydrogen-bond donors (Lipinski definition) is 2. The first kappa shape index (κ1) is 26.6. The van der Waals surface area contributed by atoms with Gasteiger partial charge in [0.1, 0.15) is 11.6 Å². The van der Waals surface area contributed by atoms with Crippen molar-refractivity contribution in [2.75, 3.05) is 24.4 Å². The molecule has 0 radical (unpaired) electrons. The summed E-state index contributed by atoms with van der Waals surface area (Å²) in [6, 6.07) is 17.1. The molecule has 2 amide bonds. The quantitative estimate of drug-likeness (QED) is 0.271. The first-order valence-corrected chi connectivity index (χ1v) is 11.5. The Labute approximate surface area is 219 Å². The first-order valence-electron chi connectivity index (χ1n) is 10.8. The van der Waals surface area contributed by atoms with Gasteiger partial charge < -0.3 is 20.1 Å². The Hall–Kier alpha value is -3.99. The minimum Gasteiger partial charge on any atom is -0.493 e. The summed E-state index contributed by atoms with van der Waals surface area (Å²) in [5, 5.41) is 15.7. The maximum absolute atomic E-state index is 12.7. The van der Waals surface area contributed by atoms with Gasteiger partial charge in [-0.15, -0.1) is 0 Å². The van der Waals surface area contributed by atoms with E-state index in [1.165, 1.54) is 19.3 Å². The number of aryl methyl sites for hydroxylation is 2. The number of methoxy groups -OCH3 is 1. The molecule has 3 rings (SSSR count). The number of benzene rings is 3. The highest BCUT2D eigenvalue weighted by Gasteiger charge is 2.13. The fraction of sp³-hybridized carbons (Fsp3) is 0.148. The molecule has 3 aromatic rings. The first-order chi connectivity index (χ1) is 17.2. The summed E-state index contributed by atoms with van der Waals surface area (Å²) in [6.07, 6.45) is 1.45. The molecular weight excluding hydrogens is 501 g/mol. The van der Waals surface area contributed by atoms with Crippen LogP contribution in [0.15, 0.2) is 60.2 Å². The summed E-state index contributed by atoms with van der Waals surface area (Å²) < 4.78 is 11.0. The number of anilines is 2. The van der Waals surface area contributed by atoms with E-state index in [1.54, 1.807) is 36.4 Å². The van der Waals surface area contributed by atoms with Crippen LogP contribution in [0, 0.1) is 25.2 Å². The number of nitriles is 1. The van der Waals surface area contributed by atoms with Gasteiger partial charge >= 0.3 is 0 Å². The highest BCUT2D eigenvalue weighted by molar-refractivity contribution is 6.42. The van der Waals surface area contributed by atoms with Crippen LogP contribution in [-0.2, 0) is 9.59 Å². The van der Waals surface area contributed by atoms with Gasteiger partial charge in [0.15, 0.2) is 18.1 Å². The average Bonchev–Trinajstić information content (AvgIpc) is 2.85. The molecule has 0 aliphatic carbocycles. The summed E-state index contributed by atoms with van der Waals surface area (Å²) >= 11 is 11.8. The van der Waals surface area contributed by atoms with Crippen molar-refractivity contribution in [2.24, 2.45) is 0 Å². The smallest absolute Gasteiger partial charge is 0.266 e. The monoisotopic (exact) mass is 523 g/mol. The van der Waals surface area contributed by atoms with Crippen LogP contribution in [0.25, 0.3) is 6.08 Å². The Bertz CT molecular complexity index is 1380. The van der Waals surface area contributed by atoms with E-state index in [0.717, 1.165) is 11.1 Å². The average molecular weight is 524 g/mol. The molecule has 7 nitrogen and oxygen atoms in total. The molecule has 36 heavy (non-hydrogen) atoms. The number of carbonyl (C=O) groups excluding carboxylic acids is 2. The minimum atomic E-state index is -0.525. The van der Waals surface area contributed by atoms with Crippen molar-refractivity contribution < 1.29 is 19.1 Å². The van der Waals surface area contributed by atoms with Crippen molar-refractivity contribution in [1.82, 2.24) is 0 Å². The van der Waals surface area contributed by atoms with Gasteiger partial charge in [-0.1, -0.05) is 47.0 Å². The maximum atomic E-state index is 12.7. The molecule has 0 saturated heterocycles. The largest absolute Gasteiger partial charge is 0.493 e. The predicted molar refractivity (Wildman–Crippen MR) is 142 cm³/mol. The summed E-state index contributed by atoms with van der Waals surface area (Å²) in [4.78, 5) is 24.9. The van der Waals surface area contributed by atoms with Crippen LogP contribution in [-0.4, -0.2) is 25.5 Å².